The van der Waals surface area contributed by atoms with Crippen molar-refractivity contribution < 1.29 is 24.3 Å². The first-order chi connectivity index (χ1) is 12.1. The lowest BCUT2D eigenvalue weighted by molar-refractivity contribution is 0.0128. The lowest BCUT2D eigenvalue weighted by Gasteiger charge is -2.39. The van der Waals surface area contributed by atoms with E-state index < -0.39 is 13.1 Å². The van der Waals surface area contributed by atoms with E-state index in [1.165, 1.54) is 0 Å². The van der Waals surface area contributed by atoms with E-state index in [9.17, 15) is 14.9 Å². The number of imidazole rings is 1. The number of aryl methyl sites for hydroxylation is 1. The Kier molecular flexibility index (Phi) is 4.10. The van der Waals surface area contributed by atoms with Crippen LogP contribution in [0.1, 0.15) is 21.6 Å². The molecule has 0 saturated carbocycles. The Morgan fingerprint density at radius 1 is 1.48 bits per heavy atom. The first kappa shape index (κ1) is 16.0. The third kappa shape index (κ3) is 3.20. The second-order valence-electron chi connectivity index (χ2n) is 6.35. The van der Waals surface area contributed by atoms with Crippen molar-refractivity contribution in [2.24, 2.45) is 0 Å². The minimum absolute atomic E-state index is 0.0109. The van der Waals surface area contributed by atoms with E-state index in [1.807, 2.05) is 6.07 Å². The van der Waals surface area contributed by atoms with Crippen LogP contribution in [0.15, 0.2) is 24.7 Å². The van der Waals surface area contributed by atoms with Crippen LogP contribution >= 0.6 is 0 Å². The molecule has 0 radical (unpaired) electrons. The van der Waals surface area contributed by atoms with Gasteiger partial charge in [0.25, 0.3) is 0 Å². The molecular formula is C16H18BN3O5. The van der Waals surface area contributed by atoms with Crippen molar-refractivity contribution in [1.29, 1.82) is 0 Å². The number of nitrogens with zero attached hydrogens (tertiary/aromatic N) is 2. The van der Waals surface area contributed by atoms with Crippen molar-refractivity contribution in [2.75, 3.05) is 13.1 Å². The minimum Gasteiger partial charge on any atom is -0.535 e. The molecule has 130 valence electrons. The van der Waals surface area contributed by atoms with Gasteiger partial charge in [-0.15, -0.1) is 0 Å². The van der Waals surface area contributed by atoms with Gasteiger partial charge in [0, 0.05) is 31.5 Å². The normalized spacial score (nSPS) is 17.6. The number of fused-ring (bicyclic) bond motifs is 1. The molecule has 3 heterocycles. The van der Waals surface area contributed by atoms with Gasteiger partial charge in [0.05, 0.1) is 6.33 Å². The number of carboxylic acids is 1. The summed E-state index contributed by atoms with van der Waals surface area (Å²) in [5, 5.41) is 19.3. The van der Waals surface area contributed by atoms with Gasteiger partial charge in [0.15, 0.2) is 0 Å². The molecule has 0 spiro atoms. The Bertz CT molecular complexity index is 776. The second-order valence-corrected chi connectivity index (χ2v) is 6.35. The molecular weight excluding hydrogens is 325 g/mol. The number of ether oxygens (including phenoxy) is 1. The second kappa shape index (κ2) is 6.42. The van der Waals surface area contributed by atoms with Crippen LogP contribution in [0.2, 0.25) is 6.32 Å². The smallest absolute Gasteiger partial charge is 0.522 e. The molecule has 2 aromatic rings. The Morgan fingerprint density at radius 3 is 3.04 bits per heavy atom. The number of hydrogen-bond donors (Lipinski definition) is 3. The van der Waals surface area contributed by atoms with Crippen molar-refractivity contribution in [3.8, 4) is 11.5 Å². The van der Waals surface area contributed by atoms with E-state index >= 15 is 0 Å². The van der Waals surface area contributed by atoms with Crippen molar-refractivity contribution >= 4 is 13.1 Å². The van der Waals surface area contributed by atoms with Gasteiger partial charge in [-0.2, -0.15) is 0 Å². The first-order valence-electron chi connectivity index (χ1n) is 8.20. The molecule has 3 N–H and O–H groups in total. The van der Waals surface area contributed by atoms with E-state index in [1.54, 1.807) is 18.6 Å². The molecule has 9 heteroatoms. The highest BCUT2D eigenvalue weighted by atomic mass is 16.5. The maximum atomic E-state index is 11.7. The van der Waals surface area contributed by atoms with E-state index in [-0.39, 0.29) is 23.2 Å². The Morgan fingerprint density at radius 2 is 2.32 bits per heavy atom. The molecule has 1 saturated heterocycles. The fourth-order valence-corrected chi connectivity index (χ4v) is 3.23. The number of aromatic nitrogens is 2. The van der Waals surface area contributed by atoms with Gasteiger partial charge in [0.1, 0.15) is 23.2 Å². The molecule has 0 unspecified atom stereocenters. The Balaban J connectivity index is 1.46. The molecule has 25 heavy (non-hydrogen) atoms. The summed E-state index contributed by atoms with van der Waals surface area (Å²) >= 11 is 0. The SMILES string of the molecule is O=C(O)c1c(OC2CN(Cc3cnc[nH]3)C2)ccc2c1OB(O)CC2. The van der Waals surface area contributed by atoms with Crippen LogP contribution in [0.5, 0.6) is 11.5 Å². The number of carboxylic acid groups (broad SMARTS) is 1. The van der Waals surface area contributed by atoms with E-state index in [0.717, 1.165) is 17.8 Å². The highest BCUT2D eigenvalue weighted by Gasteiger charge is 2.33. The monoisotopic (exact) mass is 343 g/mol. The molecule has 1 fully saturated rings. The summed E-state index contributed by atoms with van der Waals surface area (Å²) in [6.45, 7) is 2.17. The number of hydrogen-bond acceptors (Lipinski definition) is 6. The average molecular weight is 343 g/mol. The zero-order chi connectivity index (χ0) is 17.4. The average Bonchev–Trinajstić information content (AvgIpc) is 3.05. The molecule has 0 atom stereocenters. The number of nitrogens with one attached hydrogen (secondary N) is 1. The summed E-state index contributed by atoms with van der Waals surface area (Å²) in [7, 11) is -0.977. The number of carbonyl (C=O) groups is 1. The van der Waals surface area contributed by atoms with Crippen molar-refractivity contribution in [2.45, 2.75) is 25.4 Å². The maximum Gasteiger partial charge on any atom is 0.522 e. The number of rotatable bonds is 5. The van der Waals surface area contributed by atoms with Crippen molar-refractivity contribution in [3.05, 3.63) is 41.5 Å². The summed E-state index contributed by atoms with van der Waals surface area (Å²) < 4.78 is 11.2. The van der Waals surface area contributed by atoms with Crippen LogP contribution in [-0.4, -0.2) is 57.3 Å². The molecule has 0 bridgehead atoms. The number of H-pyrrole nitrogens is 1. The fourth-order valence-electron chi connectivity index (χ4n) is 3.23. The summed E-state index contributed by atoms with van der Waals surface area (Å²) in [5.41, 5.74) is 1.80. The summed E-state index contributed by atoms with van der Waals surface area (Å²) in [5.74, 6) is -0.612. The number of likely N-dealkylation sites (tertiary alicyclic amines) is 1. The Labute approximate surface area is 144 Å². The number of aromatic amines is 1. The summed E-state index contributed by atoms with van der Waals surface area (Å²) in [6, 6.07) is 3.49. The zero-order valence-corrected chi connectivity index (χ0v) is 13.5. The summed E-state index contributed by atoms with van der Waals surface area (Å²) in [6.07, 6.45) is 4.38. The van der Waals surface area contributed by atoms with Crippen molar-refractivity contribution in [3.63, 3.8) is 0 Å². The van der Waals surface area contributed by atoms with E-state index in [2.05, 4.69) is 14.9 Å². The van der Waals surface area contributed by atoms with E-state index in [0.29, 0.717) is 25.8 Å². The van der Waals surface area contributed by atoms with Gasteiger partial charge in [-0.25, -0.2) is 9.78 Å². The van der Waals surface area contributed by atoms with Gasteiger partial charge in [0.2, 0.25) is 0 Å². The third-order valence-electron chi connectivity index (χ3n) is 4.50. The predicted molar refractivity (Wildman–Crippen MR) is 88.8 cm³/mol. The highest BCUT2D eigenvalue weighted by Crippen LogP contribution is 2.37. The minimum atomic E-state index is -1.12. The predicted octanol–water partition coefficient (Wildman–Crippen LogP) is 0.786. The molecule has 0 amide bonds. The lowest BCUT2D eigenvalue weighted by Crippen LogP contribution is -2.53. The van der Waals surface area contributed by atoms with Gasteiger partial charge in [-0.1, -0.05) is 6.07 Å². The van der Waals surface area contributed by atoms with Gasteiger partial charge < -0.3 is 24.5 Å². The molecule has 1 aromatic heterocycles. The van der Waals surface area contributed by atoms with Crippen molar-refractivity contribution in [1.82, 2.24) is 14.9 Å². The lowest BCUT2D eigenvalue weighted by atomic mass is 9.78. The van der Waals surface area contributed by atoms with Crippen LogP contribution in [0, 0.1) is 0 Å². The quantitative estimate of drug-likeness (QED) is 0.689. The standard InChI is InChI=1S/C16H18BN3O5/c21-16(22)14-13(2-1-10-3-4-17(23)25-15(10)14)24-12-7-20(8-12)6-11-5-18-9-19-11/h1-2,5,9,12,23H,3-4,6-8H2,(H,18,19)(H,21,22). The highest BCUT2D eigenvalue weighted by molar-refractivity contribution is 6.44. The van der Waals surface area contributed by atoms with Crippen LogP contribution < -0.4 is 9.39 Å². The Hall–Kier alpha value is -2.52. The van der Waals surface area contributed by atoms with E-state index in [4.69, 9.17) is 9.39 Å². The number of benzene rings is 1. The zero-order valence-electron chi connectivity index (χ0n) is 13.5. The van der Waals surface area contributed by atoms with Crippen LogP contribution in [-0.2, 0) is 13.0 Å². The molecule has 8 nitrogen and oxygen atoms in total. The molecule has 1 aromatic carbocycles. The maximum absolute atomic E-state index is 11.7. The molecule has 0 aliphatic carbocycles. The van der Waals surface area contributed by atoms with Gasteiger partial charge >= 0.3 is 13.1 Å². The van der Waals surface area contributed by atoms with Crippen LogP contribution in [0.25, 0.3) is 0 Å². The van der Waals surface area contributed by atoms with Crippen LogP contribution in [0.4, 0.5) is 0 Å². The number of aromatic carboxylic acids is 1. The van der Waals surface area contributed by atoms with Gasteiger partial charge in [-0.05, 0) is 24.4 Å². The third-order valence-corrected chi connectivity index (χ3v) is 4.50. The topological polar surface area (TPSA) is 108 Å². The fraction of sp³-hybridized carbons (Fsp3) is 0.375. The largest absolute Gasteiger partial charge is 0.535 e. The van der Waals surface area contributed by atoms with Gasteiger partial charge in [-0.3, -0.25) is 4.90 Å². The first-order valence-corrected chi connectivity index (χ1v) is 8.20. The summed E-state index contributed by atoms with van der Waals surface area (Å²) in [4.78, 5) is 20.9. The molecule has 4 rings (SSSR count). The molecule has 2 aliphatic rings. The molecule has 2 aliphatic heterocycles. The van der Waals surface area contributed by atoms with Crippen LogP contribution in [0.3, 0.4) is 0 Å².